The first kappa shape index (κ1) is 16.3. The Kier molecular flexibility index (Phi) is 6.14. The highest BCUT2D eigenvalue weighted by molar-refractivity contribution is 8.13. The van der Waals surface area contributed by atoms with E-state index in [1.54, 1.807) is 0 Å². The summed E-state index contributed by atoms with van der Waals surface area (Å²) in [5.41, 5.74) is 3.52. The van der Waals surface area contributed by atoms with Crippen LogP contribution in [0.25, 0.3) is 0 Å². The maximum atomic E-state index is 10.7. The van der Waals surface area contributed by atoms with Gasteiger partial charge in [0.2, 0.25) is 9.05 Å². The fraction of sp³-hybridized carbons (Fsp3) is 0.571. The molecule has 1 rings (SSSR count). The summed E-state index contributed by atoms with van der Waals surface area (Å²) in [6, 6.07) is 4.14. The van der Waals surface area contributed by atoms with Crippen molar-refractivity contribution in [1.82, 2.24) is 0 Å². The van der Waals surface area contributed by atoms with Crippen molar-refractivity contribution in [3.05, 3.63) is 28.8 Å². The number of ether oxygens (including phenoxy) is 1. The molecule has 0 unspecified atom stereocenters. The molecule has 0 amide bonds. The number of unbranched alkanes of at least 4 members (excludes halogenated alkanes) is 2. The van der Waals surface area contributed by atoms with Gasteiger partial charge >= 0.3 is 0 Å². The Morgan fingerprint density at radius 1 is 1.05 bits per heavy atom. The van der Waals surface area contributed by atoms with Crippen LogP contribution in [0.1, 0.15) is 36.0 Å². The van der Waals surface area contributed by atoms with E-state index < -0.39 is 9.05 Å². The van der Waals surface area contributed by atoms with Gasteiger partial charge in [0.1, 0.15) is 5.75 Å². The van der Waals surface area contributed by atoms with E-state index in [0.29, 0.717) is 13.0 Å². The van der Waals surface area contributed by atoms with Gasteiger partial charge in [0.15, 0.2) is 0 Å². The van der Waals surface area contributed by atoms with Crippen molar-refractivity contribution in [3.63, 3.8) is 0 Å². The van der Waals surface area contributed by atoms with E-state index in [9.17, 15) is 8.42 Å². The fourth-order valence-corrected chi connectivity index (χ4v) is 2.75. The molecule has 0 saturated carbocycles. The minimum Gasteiger partial charge on any atom is -0.493 e. The summed E-state index contributed by atoms with van der Waals surface area (Å²) in [4.78, 5) is 0. The lowest BCUT2D eigenvalue weighted by atomic mass is 10.1. The molecule has 0 radical (unpaired) electrons. The van der Waals surface area contributed by atoms with Gasteiger partial charge in [-0.05, 0) is 56.7 Å². The fourth-order valence-electron chi connectivity index (χ4n) is 1.88. The number of hydrogen-bond acceptors (Lipinski definition) is 3. The lowest BCUT2D eigenvalue weighted by Gasteiger charge is -2.13. The van der Waals surface area contributed by atoms with Crippen molar-refractivity contribution >= 4 is 19.7 Å². The van der Waals surface area contributed by atoms with Gasteiger partial charge < -0.3 is 4.74 Å². The molecule has 0 fully saturated rings. The number of rotatable bonds is 7. The maximum Gasteiger partial charge on any atom is 0.232 e. The van der Waals surface area contributed by atoms with Crippen LogP contribution in [0.4, 0.5) is 0 Å². The highest BCUT2D eigenvalue weighted by Crippen LogP contribution is 2.25. The van der Waals surface area contributed by atoms with Crippen LogP contribution >= 0.6 is 10.7 Å². The Morgan fingerprint density at radius 2 is 1.68 bits per heavy atom. The van der Waals surface area contributed by atoms with Gasteiger partial charge in [-0.15, -0.1) is 0 Å². The van der Waals surface area contributed by atoms with E-state index in [2.05, 4.69) is 26.0 Å². The molecule has 0 aliphatic carbocycles. The van der Waals surface area contributed by atoms with E-state index >= 15 is 0 Å². The van der Waals surface area contributed by atoms with Gasteiger partial charge in [0, 0.05) is 10.7 Å². The van der Waals surface area contributed by atoms with Gasteiger partial charge in [-0.2, -0.15) is 0 Å². The predicted molar refractivity (Wildman–Crippen MR) is 79.6 cm³/mol. The first-order chi connectivity index (χ1) is 8.81. The topological polar surface area (TPSA) is 43.4 Å². The van der Waals surface area contributed by atoms with Crippen molar-refractivity contribution in [2.75, 3.05) is 12.4 Å². The Bertz CT molecular complexity index is 524. The summed E-state index contributed by atoms with van der Waals surface area (Å²) >= 11 is 0. The summed E-state index contributed by atoms with van der Waals surface area (Å²) < 4.78 is 27.3. The molecule has 0 bridgehead atoms. The quantitative estimate of drug-likeness (QED) is 0.569. The monoisotopic (exact) mass is 304 g/mol. The number of aryl methyl sites for hydroxylation is 2. The minimum absolute atomic E-state index is 0.0387. The van der Waals surface area contributed by atoms with Crippen LogP contribution in [-0.2, 0) is 9.05 Å². The Labute approximate surface area is 120 Å². The average molecular weight is 305 g/mol. The summed E-state index contributed by atoms with van der Waals surface area (Å²) in [6.45, 7) is 6.75. The van der Waals surface area contributed by atoms with Gasteiger partial charge in [-0.25, -0.2) is 8.42 Å². The summed E-state index contributed by atoms with van der Waals surface area (Å²) in [5.74, 6) is 0.988. The number of benzene rings is 1. The lowest BCUT2D eigenvalue weighted by Crippen LogP contribution is -2.03. The van der Waals surface area contributed by atoms with Crippen LogP contribution in [0.3, 0.4) is 0 Å². The molecule has 0 N–H and O–H groups in total. The van der Waals surface area contributed by atoms with Gasteiger partial charge in [0.05, 0.1) is 12.4 Å². The first-order valence-corrected chi connectivity index (χ1v) is 8.91. The Morgan fingerprint density at radius 3 is 2.32 bits per heavy atom. The molecule has 0 aromatic heterocycles. The standard InChI is InChI=1S/C14H21ClO3S/c1-11-7-8-12(2)14(13(11)3)18-9-5-4-6-10-19(15,16)17/h7-8H,4-6,9-10H2,1-3H3. The van der Waals surface area contributed by atoms with E-state index in [0.717, 1.165) is 24.2 Å². The molecule has 0 spiro atoms. The zero-order valence-corrected chi connectivity index (χ0v) is 13.3. The summed E-state index contributed by atoms with van der Waals surface area (Å²) in [7, 11) is 1.79. The van der Waals surface area contributed by atoms with Crippen LogP contribution in [-0.4, -0.2) is 20.8 Å². The molecule has 1 aromatic carbocycles. The van der Waals surface area contributed by atoms with Gasteiger partial charge in [-0.3, -0.25) is 0 Å². The predicted octanol–water partition coefficient (Wildman–Crippen LogP) is 3.73. The second kappa shape index (κ2) is 7.15. The van der Waals surface area contributed by atoms with Crippen molar-refractivity contribution in [2.45, 2.75) is 40.0 Å². The summed E-state index contributed by atoms with van der Waals surface area (Å²) in [5, 5.41) is 0. The molecule has 0 aliphatic rings. The van der Waals surface area contributed by atoms with Crippen LogP contribution < -0.4 is 4.74 Å². The van der Waals surface area contributed by atoms with Crippen LogP contribution in [0.5, 0.6) is 5.75 Å². The molecule has 1 aromatic rings. The number of halogens is 1. The normalized spacial score (nSPS) is 11.6. The summed E-state index contributed by atoms with van der Waals surface area (Å²) in [6.07, 6.45) is 2.22. The average Bonchev–Trinajstić information content (AvgIpc) is 2.31. The zero-order valence-electron chi connectivity index (χ0n) is 11.7. The van der Waals surface area contributed by atoms with Crippen molar-refractivity contribution < 1.29 is 13.2 Å². The van der Waals surface area contributed by atoms with Crippen molar-refractivity contribution in [2.24, 2.45) is 0 Å². The van der Waals surface area contributed by atoms with E-state index in [1.807, 2.05) is 6.92 Å². The molecule has 108 valence electrons. The van der Waals surface area contributed by atoms with Crippen molar-refractivity contribution in [3.8, 4) is 5.75 Å². The zero-order chi connectivity index (χ0) is 14.5. The minimum atomic E-state index is -3.35. The number of hydrogen-bond donors (Lipinski definition) is 0. The molecular weight excluding hydrogens is 284 g/mol. The molecule has 5 heteroatoms. The van der Waals surface area contributed by atoms with Gasteiger partial charge in [-0.1, -0.05) is 12.1 Å². The third-order valence-corrected chi connectivity index (χ3v) is 4.39. The SMILES string of the molecule is Cc1ccc(C)c(OCCCCCS(=O)(=O)Cl)c1C. The second-order valence-corrected chi connectivity index (χ2v) is 7.70. The van der Waals surface area contributed by atoms with Crippen molar-refractivity contribution in [1.29, 1.82) is 0 Å². The third-order valence-electron chi connectivity index (χ3n) is 3.15. The largest absolute Gasteiger partial charge is 0.493 e. The highest BCUT2D eigenvalue weighted by atomic mass is 35.7. The molecule has 0 atom stereocenters. The highest BCUT2D eigenvalue weighted by Gasteiger charge is 2.07. The lowest BCUT2D eigenvalue weighted by molar-refractivity contribution is 0.302. The van der Waals surface area contributed by atoms with Crippen LogP contribution in [0.2, 0.25) is 0 Å². The van der Waals surface area contributed by atoms with E-state index in [1.165, 1.54) is 11.1 Å². The van der Waals surface area contributed by atoms with Crippen LogP contribution in [0.15, 0.2) is 12.1 Å². The molecular formula is C14H21ClO3S. The molecule has 19 heavy (non-hydrogen) atoms. The Hall–Kier alpha value is -0.740. The molecule has 0 heterocycles. The maximum absolute atomic E-state index is 10.7. The molecule has 0 aliphatic heterocycles. The molecule has 0 saturated heterocycles. The Balaban J connectivity index is 2.36. The van der Waals surface area contributed by atoms with E-state index in [4.69, 9.17) is 15.4 Å². The van der Waals surface area contributed by atoms with Gasteiger partial charge in [0.25, 0.3) is 0 Å². The molecule has 3 nitrogen and oxygen atoms in total. The van der Waals surface area contributed by atoms with Crippen LogP contribution in [0, 0.1) is 20.8 Å². The third kappa shape index (κ3) is 5.83. The van der Waals surface area contributed by atoms with E-state index in [-0.39, 0.29) is 5.75 Å². The smallest absolute Gasteiger partial charge is 0.232 e. The first-order valence-electron chi connectivity index (χ1n) is 6.43. The second-order valence-electron chi connectivity index (χ2n) is 4.81.